The highest BCUT2D eigenvalue weighted by Gasteiger charge is 2.10. The average molecular weight is 284 g/mol. The van der Waals surface area contributed by atoms with Crippen LogP contribution in [0.1, 0.15) is 42.9 Å². The van der Waals surface area contributed by atoms with E-state index in [0.29, 0.717) is 11.5 Å². The number of hydrogen-bond donors (Lipinski definition) is 2. The smallest absolute Gasteiger partial charge is 0.271 e. The van der Waals surface area contributed by atoms with Crippen LogP contribution in [0.5, 0.6) is 0 Å². The normalized spacial score (nSPS) is 12.0. The lowest BCUT2D eigenvalue weighted by Gasteiger charge is -2.14. The standard InChI is InChI=1S/C16H20N4O/c1-11(2)19-16(21)14-9-18-15(10-17-14)20-12(3)13-7-5-4-6-8-13/h4-12H,1-3H3,(H,18,20)(H,19,21). The number of rotatable bonds is 5. The summed E-state index contributed by atoms with van der Waals surface area (Å²) in [5.74, 6) is 0.438. The van der Waals surface area contributed by atoms with Gasteiger partial charge >= 0.3 is 0 Å². The topological polar surface area (TPSA) is 66.9 Å². The van der Waals surface area contributed by atoms with E-state index in [4.69, 9.17) is 0 Å². The van der Waals surface area contributed by atoms with E-state index in [0.717, 1.165) is 0 Å². The third-order valence-electron chi connectivity index (χ3n) is 2.97. The molecule has 0 spiro atoms. The Morgan fingerprint density at radius 1 is 1.05 bits per heavy atom. The molecule has 1 amide bonds. The molecule has 0 aliphatic rings. The molecule has 1 aromatic heterocycles. The fourth-order valence-corrected chi connectivity index (χ4v) is 1.90. The molecule has 0 bridgehead atoms. The first-order valence-corrected chi connectivity index (χ1v) is 7.00. The quantitative estimate of drug-likeness (QED) is 0.886. The molecule has 1 unspecified atom stereocenters. The molecular weight excluding hydrogens is 264 g/mol. The van der Waals surface area contributed by atoms with Gasteiger partial charge in [0.1, 0.15) is 11.5 Å². The summed E-state index contributed by atoms with van der Waals surface area (Å²) < 4.78 is 0. The van der Waals surface area contributed by atoms with Crippen molar-refractivity contribution in [3.05, 3.63) is 54.0 Å². The van der Waals surface area contributed by atoms with Crippen LogP contribution in [0.4, 0.5) is 5.82 Å². The van der Waals surface area contributed by atoms with Crippen LogP contribution in [0.3, 0.4) is 0 Å². The number of anilines is 1. The summed E-state index contributed by atoms with van der Waals surface area (Å²) in [6.07, 6.45) is 3.06. The summed E-state index contributed by atoms with van der Waals surface area (Å²) in [5, 5.41) is 6.04. The van der Waals surface area contributed by atoms with Crippen molar-refractivity contribution in [3.63, 3.8) is 0 Å². The number of hydrogen-bond acceptors (Lipinski definition) is 4. The first kappa shape index (κ1) is 15.0. The van der Waals surface area contributed by atoms with E-state index in [-0.39, 0.29) is 18.0 Å². The first-order chi connectivity index (χ1) is 10.1. The molecular formula is C16H20N4O. The zero-order valence-corrected chi connectivity index (χ0v) is 12.5. The van der Waals surface area contributed by atoms with Crippen LogP contribution >= 0.6 is 0 Å². The van der Waals surface area contributed by atoms with E-state index < -0.39 is 0 Å². The number of amides is 1. The van der Waals surface area contributed by atoms with Gasteiger partial charge < -0.3 is 10.6 Å². The predicted octanol–water partition coefficient (Wildman–Crippen LogP) is 2.79. The van der Waals surface area contributed by atoms with Crippen molar-refractivity contribution in [2.75, 3.05) is 5.32 Å². The van der Waals surface area contributed by atoms with Gasteiger partial charge in [-0.2, -0.15) is 0 Å². The zero-order valence-electron chi connectivity index (χ0n) is 12.5. The second-order valence-corrected chi connectivity index (χ2v) is 5.19. The minimum absolute atomic E-state index is 0.0789. The largest absolute Gasteiger partial charge is 0.362 e. The fraction of sp³-hybridized carbons (Fsp3) is 0.312. The summed E-state index contributed by atoms with van der Waals surface area (Å²) in [6, 6.07) is 10.3. The van der Waals surface area contributed by atoms with Gasteiger partial charge in [0, 0.05) is 12.1 Å². The van der Waals surface area contributed by atoms with E-state index in [9.17, 15) is 4.79 Å². The molecule has 0 radical (unpaired) electrons. The molecule has 0 saturated heterocycles. The summed E-state index contributed by atoms with van der Waals surface area (Å²) in [5.41, 5.74) is 1.49. The van der Waals surface area contributed by atoms with Gasteiger partial charge in [-0.05, 0) is 26.3 Å². The van der Waals surface area contributed by atoms with E-state index in [1.54, 1.807) is 6.20 Å². The van der Waals surface area contributed by atoms with E-state index in [1.807, 2.05) is 32.0 Å². The van der Waals surface area contributed by atoms with Crippen LogP contribution < -0.4 is 10.6 Å². The Kier molecular flexibility index (Phi) is 4.87. The fourth-order valence-electron chi connectivity index (χ4n) is 1.90. The molecule has 2 N–H and O–H groups in total. The van der Waals surface area contributed by atoms with Crippen LogP contribution in [-0.2, 0) is 0 Å². The summed E-state index contributed by atoms with van der Waals surface area (Å²) in [4.78, 5) is 20.2. The monoisotopic (exact) mass is 284 g/mol. The molecule has 5 nitrogen and oxygen atoms in total. The summed E-state index contributed by atoms with van der Waals surface area (Å²) in [6.45, 7) is 5.86. The minimum Gasteiger partial charge on any atom is -0.362 e. The van der Waals surface area contributed by atoms with Crippen LogP contribution in [-0.4, -0.2) is 21.9 Å². The zero-order chi connectivity index (χ0) is 15.2. The van der Waals surface area contributed by atoms with Crippen LogP contribution in [0.25, 0.3) is 0 Å². The number of benzene rings is 1. The average Bonchev–Trinajstić information content (AvgIpc) is 2.48. The lowest BCUT2D eigenvalue weighted by atomic mass is 10.1. The highest BCUT2D eigenvalue weighted by Crippen LogP contribution is 2.16. The Bertz CT molecular complexity index is 581. The molecule has 1 heterocycles. The Morgan fingerprint density at radius 2 is 1.76 bits per heavy atom. The highest BCUT2D eigenvalue weighted by molar-refractivity contribution is 5.92. The molecule has 0 aliphatic carbocycles. The predicted molar refractivity (Wildman–Crippen MR) is 83.1 cm³/mol. The molecule has 21 heavy (non-hydrogen) atoms. The van der Waals surface area contributed by atoms with E-state index in [1.165, 1.54) is 11.8 Å². The molecule has 110 valence electrons. The van der Waals surface area contributed by atoms with Crippen molar-refractivity contribution in [3.8, 4) is 0 Å². The minimum atomic E-state index is -0.208. The lowest BCUT2D eigenvalue weighted by Crippen LogP contribution is -2.30. The number of nitrogens with zero attached hydrogens (tertiary/aromatic N) is 2. The number of nitrogens with one attached hydrogen (secondary N) is 2. The van der Waals surface area contributed by atoms with Gasteiger partial charge in [-0.25, -0.2) is 9.97 Å². The maximum Gasteiger partial charge on any atom is 0.271 e. The molecule has 0 fully saturated rings. The van der Waals surface area contributed by atoms with Crippen molar-refractivity contribution in [2.24, 2.45) is 0 Å². The maximum atomic E-state index is 11.8. The van der Waals surface area contributed by atoms with Gasteiger partial charge in [-0.3, -0.25) is 4.79 Å². The van der Waals surface area contributed by atoms with Crippen molar-refractivity contribution in [1.29, 1.82) is 0 Å². The molecule has 2 aromatic rings. The maximum absolute atomic E-state index is 11.8. The Hall–Kier alpha value is -2.43. The summed E-state index contributed by atoms with van der Waals surface area (Å²) >= 11 is 0. The first-order valence-electron chi connectivity index (χ1n) is 7.00. The molecule has 2 rings (SSSR count). The van der Waals surface area contributed by atoms with Crippen LogP contribution in [0.15, 0.2) is 42.7 Å². The second kappa shape index (κ2) is 6.83. The molecule has 0 saturated carbocycles. The number of carbonyl (C=O) groups is 1. The third kappa shape index (κ3) is 4.27. The Balaban J connectivity index is 2.01. The molecule has 1 atom stereocenters. The molecule has 0 aliphatic heterocycles. The van der Waals surface area contributed by atoms with Crippen LogP contribution in [0.2, 0.25) is 0 Å². The van der Waals surface area contributed by atoms with Gasteiger partial charge in [0.2, 0.25) is 0 Å². The van der Waals surface area contributed by atoms with E-state index in [2.05, 4.69) is 39.7 Å². The van der Waals surface area contributed by atoms with Gasteiger partial charge in [0.15, 0.2) is 0 Å². The number of carbonyl (C=O) groups excluding carboxylic acids is 1. The highest BCUT2D eigenvalue weighted by atomic mass is 16.1. The van der Waals surface area contributed by atoms with Gasteiger partial charge in [0.05, 0.1) is 12.4 Å². The van der Waals surface area contributed by atoms with Gasteiger partial charge in [0.25, 0.3) is 5.91 Å². The molecule has 5 heteroatoms. The van der Waals surface area contributed by atoms with Gasteiger partial charge in [-0.15, -0.1) is 0 Å². The van der Waals surface area contributed by atoms with Gasteiger partial charge in [-0.1, -0.05) is 30.3 Å². The lowest BCUT2D eigenvalue weighted by molar-refractivity contribution is 0.0937. The van der Waals surface area contributed by atoms with Crippen molar-refractivity contribution < 1.29 is 4.79 Å². The van der Waals surface area contributed by atoms with Crippen LogP contribution in [0, 0.1) is 0 Å². The SMILES string of the molecule is CC(C)NC(=O)c1cnc(NC(C)c2ccccc2)cn1. The third-order valence-corrected chi connectivity index (χ3v) is 2.97. The van der Waals surface area contributed by atoms with Crippen molar-refractivity contribution in [1.82, 2.24) is 15.3 Å². The summed E-state index contributed by atoms with van der Waals surface area (Å²) in [7, 11) is 0. The van der Waals surface area contributed by atoms with Crippen molar-refractivity contribution >= 4 is 11.7 Å². The number of aromatic nitrogens is 2. The second-order valence-electron chi connectivity index (χ2n) is 5.19. The molecule has 1 aromatic carbocycles. The van der Waals surface area contributed by atoms with E-state index >= 15 is 0 Å². The Morgan fingerprint density at radius 3 is 2.33 bits per heavy atom. The van der Waals surface area contributed by atoms with Crippen molar-refractivity contribution in [2.45, 2.75) is 32.9 Å². The Labute approximate surface area is 124 Å².